The lowest BCUT2D eigenvalue weighted by atomic mass is 10.00. The molecule has 136 valence electrons. The van der Waals surface area contributed by atoms with Gasteiger partial charge in [-0.15, -0.1) is 0 Å². The molecule has 0 aromatic rings. The van der Waals surface area contributed by atoms with Gasteiger partial charge in [-0.1, -0.05) is 0 Å². The summed E-state index contributed by atoms with van der Waals surface area (Å²) < 4.78 is 0. The Bertz CT molecular complexity index is 441. The number of amides is 1. The summed E-state index contributed by atoms with van der Waals surface area (Å²) in [7, 11) is 2.20. The topological polar surface area (TPSA) is 53.8 Å². The van der Waals surface area contributed by atoms with Crippen molar-refractivity contribution >= 4 is 5.91 Å². The third kappa shape index (κ3) is 5.17. The second kappa shape index (κ2) is 9.36. The molecule has 2 saturated heterocycles. The quantitative estimate of drug-likeness (QED) is 0.720. The Labute approximate surface area is 147 Å². The lowest BCUT2D eigenvalue weighted by Crippen LogP contribution is -2.58. The molecule has 0 N–H and O–H groups in total. The van der Waals surface area contributed by atoms with E-state index in [1.54, 1.807) is 4.90 Å². The number of likely N-dealkylation sites (N-methyl/N-ethyl adjacent to an activating group) is 1. The molecule has 1 amide bonds. The number of nitriles is 1. The van der Waals surface area contributed by atoms with E-state index in [4.69, 9.17) is 5.26 Å². The summed E-state index contributed by atoms with van der Waals surface area (Å²) in [5.74, 6) is 0.160. The Balaban J connectivity index is 1.80. The number of hydrogen-bond donors (Lipinski definition) is 0. The molecule has 2 fully saturated rings. The molecule has 2 aliphatic rings. The van der Waals surface area contributed by atoms with Crippen molar-refractivity contribution in [2.45, 2.75) is 45.2 Å². The number of hydrogen-bond acceptors (Lipinski definition) is 5. The third-order valence-corrected chi connectivity index (χ3v) is 5.51. The number of nitrogens with zero attached hydrogens (tertiary/aromatic N) is 5. The second-order valence-corrected chi connectivity index (χ2v) is 7.24. The van der Waals surface area contributed by atoms with Crippen LogP contribution in [0.2, 0.25) is 0 Å². The molecule has 1 unspecified atom stereocenters. The molecule has 6 heteroatoms. The van der Waals surface area contributed by atoms with Crippen LogP contribution in [0.4, 0.5) is 0 Å². The van der Waals surface area contributed by atoms with Crippen LogP contribution in [-0.4, -0.2) is 97.0 Å². The fourth-order valence-corrected chi connectivity index (χ4v) is 4.00. The highest BCUT2D eigenvalue weighted by Crippen LogP contribution is 2.21. The van der Waals surface area contributed by atoms with Crippen molar-refractivity contribution in [2.24, 2.45) is 0 Å². The molecular weight excluding hydrogens is 302 g/mol. The first-order valence-electron chi connectivity index (χ1n) is 9.36. The molecule has 0 bridgehead atoms. The van der Waals surface area contributed by atoms with Gasteiger partial charge in [-0.25, -0.2) is 0 Å². The summed E-state index contributed by atoms with van der Waals surface area (Å²) in [6.45, 7) is 11.4. The van der Waals surface area contributed by atoms with E-state index >= 15 is 0 Å². The molecule has 24 heavy (non-hydrogen) atoms. The summed E-state index contributed by atoms with van der Waals surface area (Å²) >= 11 is 0. The fraction of sp³-hybridized carbons (Fsp3) is 0.889. The average Bonchev–Trinajstić information content (AvgIpc) is 2.57. The summed E-state index contributed by atoms with van der Waals surface area (Å²) in [4.78, 5) is 21.6. The number of piperazine rings is 1. The second-order valence-electron chi connectivity index (χ2n) is 7.24. The van der Waals surface area contributed by atoms with Crippen molar-refractivity contribution in [3.05, 3.63) is 0 Å². The summed E-state index contributed by atoms with van der Waals surface area (Å²) in [6, 6.07) is 3.34. The van der Waals surface area contributed by atoms with Crippen molar-refractivity contribution in [2.75, 3.05) is 59.4 Å². The summed E-state index contributed by atoms with van der Waals surface area (Å²) in [5, 5.41) is 8.71. The van der Waals surface area contributed by atoms with Crippen LogP contribution in [0.1, 0.15) is 33.1 Å². The minimum atomic E-state index is 0.160. The number of carbonyl (C=O) groups is 1. The van der Waals surface area contributed by atoms with E-state index in [1.807, 2.05) is 6.92 Å². The van der Waals surface area contributed by atoms with Gasteiger partial charge >= 0.3 is 0 Å². The van der Waals surface area contributed by atoms with Gasteiger partial charge in [-0.3, -0.25) is 14.6 Å². The Morgan fingerprint density at radius 2 is 1.96 bits per heavy atom. The summed E-state index contributed by atoms with van der Waals surface area (Å²) in [6.07, 6.45) is 2.94. The molecule has 6 nitrogen and oxygen atoms in total. The van der Waals surface area contributed by atoms with Crippen molar-refractivity contribution < 1.29 is 4.79 Å². The molecule has 0 aliphatic carbocycles. The largest absolute Gasteiger partial charge is 0.341 e. The van der Waals surface area contributed by atoms with E-state index < -0.39 is 0 Å². The highest BCUT2D eigenvalue weighted by atomic mass is 16.2. The van der Waals surface area contributed by atoms with Gasteiger partial charge in [-0.2, -0.15) is 5.26 Å². The van der Waals surface area contributed by atoms with Crippen molar-refractivity contribution in [3.8, 4) is 6.07 Å². The van der Waals surface area contributed by atoms with Crippen LogP contribution in [0.15, 0.2) is 0 Å². The van der Waals surface area contributed by atoms with E-state index in [2.05, 4.69) is 34.7 Å². The van der Waals surface area contributed by atoms with Crippen LogP contribution in [0, 0.1) is 11.3 Å². The van der Waals surface area contributed by atoms with Gasteiger partial charge in [0.05, 0.1) is 19.0 Å². The highest BCUT2D eigenvalue weighted by molar-refractivity contribution is 5.78. The maximum absolute atomic E-state index is 12.4. The van der Waals surface area contributed by atoms with Crippen LogP contribution in [0.5, 0.6) is 0 Å². The molecule has 0 spiro atoms. The van der Waals surface area contributed by atoms with Crippen LogP contribution >= 0.6 is 0 Å². The fourth-order valence-electron chi connectivity index (χ4n) is 4.00. The standard InChI is InChI=1S/C18H33N5O/c1-4-22(9-5-8-19)18(24)15-21-12-13-23(16(2)14-21)17-6-10-20(3)11-7-17/h16-17H,4-7,9-15H2,1-3H3. The van der Waals surface area contributed by atoms with E-state index in [-0.39, 0.29) is 5.91 Å². The number of piperidine rings is 1. The minimum absolute atomic E-state index is 0.160. The minimum Gasteiger partial charge on any atom is -0.341 e. The van der Waals surface area contributed by atoms with Crippen molar-refractivity contribution in [1.82, 2.24) is 19.6 Å². The van der Waals surface area contributed by atoms with Crippen molar-refractivity contribution in [1.29, 1.82) is 5.26 Å². The van der Waals surface area contributed by atoms with E-state index in [9.17, 15) is 4.79 Å². The molecule has 1 atom stereocenters. The van der Waals surface area contributed by atoms with Gasteiger partial charge in [0.1, 0.15) is 0 Å². The normalized spacial score (nSPS) is 24.7. The summed E-state index contributed by atoms with van der Waals surface area (Å²) in [5.41, 5.74) is 0. The smallest absolute Gasteiger partial charge is 0.236 e. The SMILES string of the molecule is CCN(CCC#N)C(=O)CN1CCN(C2CCN(C)CC2)C(C)C1. The van der Waals surface area contributed by atoms with Gasteiger partial charge in [0, 0.05) is 44.8 Å². The van der Waals surface area contributed by atoms with E-state index in [1.165, 1.54) is 25.9 Å². The molecule has 0 aromatic heterocycles. The van der Waals surface area contributed by atoms with Gasteiger partial charge in [-0.05, 0) is 46.8 Å². The lowest BCUT2D eigenvalue weighted by molar-refractivity contribution is -0.133. The Morgan fingerprint density at radius 1 is 1.25 bits per heavy atom. The van der Waals surface area contributed by atoms with E-state index in [0.29, 0.717) is 38.1 Å². The molecule has 2 rings (SSSR count). The zero-order valence-corrected chi connectivity index (χ0v) is 15.6. The van der Waals surface area contributed by atoms with Gasteiger partial charge in [0.15, 0.2) is 0 Å². The Hall–Kier alpha value is -1.16. The Kier molecular flexibility index (Phi) is 7.47. The molecule has 0 aromatic carbocycles. The van der Waals surface area contributed by atoms with Gasteiger partial charge in [0.2, 0.25) is 5.91 Å². The monoisotopic (exact) mass is 335 g/mol. The van der Waals surface area contributed by atoms with Gasteiger partial charge in [0.25, 0.3) is 0 Å². The van der Waals surface area contributed by atoms with Crippen LogP contribution < -0.4 is 0 Å². The molecule has 2 heterocycles. The average molecular weight is 335 g/mol. The first-order valence-corrected chi connectivity index (χ1v) is 9.36. The maximum Gasteiger partial charge on any atom is 0.236 e. The molecule has 0 saturated carbocycles. The molecule has 2 aliphatic heterocycles. The Morgan fingerprint density at radius 3 is 2.54 bits per heavy atom. The predicted octanol–water partition coefficient (Wildman–Crippen LogP) is 0.849. The maximum atomic E-state index is 12.4. The third-order valence-electron chi connectivity index (χ3n) is 5.51. The molecule has 0 radical (unpaired) electrons. The molecular formula is C18H33N5O. The first kappa shape index (κ1) is 19.2. The number of likely N-dealkylation sites (tertiary alicyclic amines) is 1. The number of rotatable bonds is 6. The van der Waals surface area contributed by atoms with Crippen LogP contribution in [-0.2, 0) is 4.79 Å². The van der Waals surface area contributed by atoms with Crippen LogP contribution in [0.3, 0.4) is 0 Å². The van der Waals surface area contributed by atoms with E-state index in [0.717, 1.165) is 19.6 Å². The highest BCUT2D eigenvalue weighted by Gasteiger charge is 2.31. The van der Waals surface area contributed by atoms with Crippen LogP contribution in [0.25, 0.3) is 0 Å². The van der Waals surface area contributed by atoms with Crippen molar-refractivity contribution in [3.63, 3.8) is 0 Å². The zero-order chi connectivity index (χ0) is 17.5. The predicted molar refractivity (Wildman–Crippen MR) is 95.6 cm³/mol. The first-order chi connectivity index (χ1) is 11.5. The lowest BCUT2D eigenvalue weighted by Gasteiger charge is -2.46. The van der Waals surface area contributed by atoms with Gasteiger partial charge < -0.3 is 9.80 Å². The zero-order valence-electron chi connectivity index (χ0n) is 15.6. The number of carbonyl (C=O) groups excluding carboxylic acids is 1.